The molecule has 1 amide bonds. The molecule has 110 valence electrons. The molecule has 21 heavy (non-hydrogen) atoms. The van der Waals surface area contributed by atoms with E-state index in [2.05, 4.69) is 5.32 Å². The van der Waals surface area contributed by atoms with Gasteiger partial charge in [0, 0.05) is 22.2 Å². The number of aryl methyl sites for hydroxylation is 1. The fourth-order valence-electron chi connectivity index (χ4n) is 2.13. The molecule has 2 aromatic rings. The Morgan fingerprint density at radius 2 is 1.95 bits per heavy atom. The quantitative estimate of drug-likeness (QED) is 0.765. The van der Waals surface area contributed by atoms with Gasteiger partial charge in [-0.15, -0.1) is 11.6 Å². The highest BCUT2D eigenvalue weighted by atomic mass is 35.5. The van der Waals surface area contributed by atoms with Crippen LogP contribution in [0, 0.1) is 6.92 Å². The number of hydrogen-bond donors (Lipinski definition) is 1. The van der Waals surface area contributed by atoms with E-state index in [1.807, 2.05) is 31.2 Å². The normalized spacial score (nSPS) is 10.4. The summed E-state index contributed by atoms with van der Waals surface area (Å²) in [5.41, 5.74) is 3.33. The molecular weight excluding hydrogens is 305 g/mol. The Labute approximate surface area is 135 Å². The second-order valence-corrected chi connectivity index (χ2v) is 5.64. The van der Waals surface area contributed by atoms with Crippen LogP contribution in [0.25, 0.3) is 0 Å². The predicted molar refractivity (Wildman–Crippen MR) is 89.6 cm³/mol. The summed E-state index contributed by atoms with van der Waals surface area (Å²) in [6.07, 6.45) is 1.83. The van der Waals surface area contributed by atoms with Gasteiger partial charge in [0.2, 0.25) is 0 Å². The van der Waals surface area contributed by atoms with E-state index in [0.29, 0.717) is 16.5 Å². The van der Waals surface area contributed by atoms with Crippen molar-refractivity contribution in [1.82, 2.24) is 0 Å². The Morgan fingerprint density at radius 1 is 1.19 bits per heavy atom. The van der Waals surface area contributed by atoms with E-state index >= 15 is 0 Å². The minimum absolute atomic E-state index is 0.149. The first-order valence-corrected chi connectivity index (χ1v) is 7.74. The van der Waals surface area contributed by atoms with Gasteiger partial charge in [-0.3, -0.25) is 4.79 Å². The number of halogens is 2. The van der Waals surface area contributed by atoms with Gasteiger partial charge in [0.05, 0.1) is 0 Å². The Kier molecular flexibility index (Phi) is 5.66. The van der Waals surface area contributed by atoms with Crippen LogP contribution in [-0.2, 0) is 6.42 Å². The predicted octanol–water partition coefficient (Wildman–Crippen LogP) is 5.07. The van der Waals surface area contributed by atoms with Crippen molar-refractivity contribution in [1.29, 1.82) is 0 Å². The maximum Gasteiger partial charge on any atom is 0.255 e. The van der Waals surface area contributed by atoms with E-state index in [1.54, 1.807) is 18.2 Å². The van der Waals surface area contributed by atoms with Crippen molar-refractivity contribution in [3.63, 3.8) is 0 Å². The van der Waals surface area contributed by atoms with Crippen molar-refractivity contribution in [2.45, 2.75) is 19.8 Å². The molecule has 0 aliphatic rings. The van der Waals surface area contributed by atoms with Crippen LogP contribution in [0.3, 0.4) is 0 Å². The van der Waals surface area contributed by atoms with Gasteiger partial charge in [0.15, 0.2) is 0 Å². The first kappa shape index (κ1) is 15.9. The molecule has 2 nitrogen and oxygen atoms in total. The molecule has 0 saturated carbocycles. The number of carbonyl (C=O) groups is 1. The van der Waals surface area contributed by atoms with Gasteiger partial charge in [-0.05, 0) is 55.2 Å². The molecule has 0 heterocycles. The third-order valence-corrected chi connectivity index (χ3v) is 3.97. The van der Waals surface area contributed by atoms with Crippen LogP contribution in [-0.4, -0.2) is 11.8 Å². The molecule has 0 aliphatic carbocycles. The molecule has 0 aliphatic heterocycles. The number of carbonyl (C=O) groups excluding carboxylic acids is 1. The number of hydrogen-bond acceptors (Lipinski definition) is 1. The van der Waals surface area contributed by atoms with Crippen molar-refractivity contribution < 1.29 is 4.79 Å². The first-order valence-electron chi connectivity index (χ1n) is 6.83. The van der Waals surface area contributed by atoms with Crippen LogP contribution in [0.2, 0.25) is 5.02 Å². The summed E-state index contributed by atoms with van der Waals surface area (Å²) in [4.78, 5) is 12.3. The highest BCUT2D eigenvalue weighted by Crippen LogP contribution is 2.20. The summed E-state index contributed by atoms with van der Waals surface area (Å²) in [6, 6.07) is 13.2. The van der Waals surface area contributed by atoms with Crippen molar-refractivity contribution >= 4 is 34.8 Å². The van der Waals surface area contributed by atoms with Gasteiger partial charge in [-0.2, -0.15) is 0 Å². The summed E-state index contributed by atoms with van der Waals surface area (Å²) < 4.78 is 0. The number of alkyl halides is 1. The maximum atomic E-state index is 12.3. The van der Waals surface area contributed by atoms with Crippen molar-refractivity contribution in [3.05, 3.63) is 64.2 Å². The van der Waals surface area contributed by atoms with Gasteiger partial charge >= 0.3 is 0 Å². The molecule has 0 atom stereocenters. The van der Waals surface area contributed by atoms with Gasteiger partial charge in [-0.1, -0.05) is 29.8 Å². The van der Waals surface area contributed by atoms with E-state index in [9.17, 15) is 4.79 Å². The molecule has 2 rings (SSSR count). The third-order valence-electron chi connectivity index (χ3n) is 3.30. The Morgan fingerprint density at radius 3 is 2.71 bits per heavy atom. The number of nitrogens with one attached hydrogen (secondary N) is 1. The molecule has 0 bridgehead atoms. The molecular formula is C17H17Cl2NO. The number of benzene rings is 2. The smallest absolute Gasteiger partial charge is 0.255 e. The molecule has 0 spiro atoms. The minimum Gasteiger partial charge on any atom is -0.322 e. The van der Waals surface area contributed by atoms with Crippen molar-refractivity contribution in [2.24, 2.45) is 0 Å². The number of amides is 1. The van der Waals surface area contributed by atoms with E-state index in [4.69, 9.17) is 23.2 Å². The second kappa shape index (κ2) is 7.48. The fraction of sp³-hybridized carbons (Fsp3) is 0.235. The van der Waals surface area contributed by atoms with Gasteiger partial charge in [0.1, 0.15) is 0 Å². The molecule has 4 heteroatoms. The lowest BCUT2D eigenvalue weighted by Crippen LogP contribution is -2.13. The third kappa shape index (κ3) is 4.23. The van der Waals surface area contributed by atoms with Gasteiger partial charge in [-0.25, -0.2) is 0 Å². The summed E-state index contributed by atoms with van der Waals surface area (Å²) in [5.74, 6) is 0.489. The van der Waals surface area contributed by atoms with Gasteiger partial charge in [0.25, 0.3) is 5.91 Å². The number of rotatable bonds is 5. The lowest BCUT2D eigenvalue weighted by Gasteiger charge is -2.10. The number of anilines is 1. The van der Waals surface area contributed by atoms with Crippen molar-refractivity contribution in [3.8, 4) is 0 Å². The molecule has 0 radical (unpaired) electrons. The van der Waals surface area contributed by atoms with Crippen LogP contribution in [0.1, 0.15) is 27.9 Å². The van der Waals surface area contributed by atoms with Gasteiger partial charge < -0.3 is 5.32 Å². The summed E-state index contributed by atoms with van der Waals surface area (Å²) in [5, 5.41) is 3.51. The minimum atomic E-state index is -0.149. The second-order valence-electron chi connectivity index (χ2n) is 4.86. The van der Waals surface area contributed by atoms with E-state index in [1.165, 1.54) is 0 Å². The monoisotopic (exact) mass is 321 g/mol. The Hall–Kier alpha value is -1.51. The fourth-order valence-corrected chi connectivity index (χ4v) is 2.44. The molecule has 0 aromatic heterocycles. The zero-order chi connectivity index (χ0) is 15.2. The lowest BCUT2D eigenvalue weighted by atomic mass is 10.1. The van der Waals surface area contributed by atoms with E-state index in [0.717, 1.165) is 29.7 Å². The maximum absolute atomic E-state index is 12.3. The topological polar surface area (TPSA) is 29.1 Å². The average molecular weight is 322 g/mol. The standard InChI is InChI=1S/C17H17Cl2NO/c1-12-15(8-3-9-16(12)19)17(21)20-14-7-2-5-13(11-14)6-4-10-18/h2-3,5,7-9,11H,4,6,10H2,1H3,(H,20,21). The van der Waals surface area contributed by atoms with Crippen LogP contribution >= 0.6 is 23.2 Å². The highest BCUT2D eigenvalue weighted by Gasteiger charge is 2.11. The lowest BCUT2D eigenvalue weighted by molar-refractivity contribution is 0.102. The zero-order valence-corrected chi connectivity index (χ0v) is 13.3. The molecule has 0 saturated heterocycles. The van der Waals surface area contributed by atoms with E-state index < -0.39 is 0 Å². The highest BCUT2D eigenvalue weighted by molar-refractivity contribution is 6.32. The Balaban J connectivity index is 2.14. The first-order chi connectivity index (χ1) is 10.1. The summed E-state index contributed by atoms with van der Waals surface area (Å²) >= 11 is 11.8. The Bertz CT molecular complexity index is 640. The average Bonchev–Trinajstić information content (AvgIpc) is 2.48. The van der Waals surface area contributed by atoms with Crippen molar-refractivity contribution in [2.75, 3.05) is 11.2 Å². The molecule has 1 N–H and O–H groups in total. The summed E-state index contributed by atoms with van der Waals surface area (Å²) in [7, 11) is 0. The van der Waals surface area contributed by atoms with Crippen LogP contribution in [0.15, 0.2) is 42.5 Å². The zero-order valence-electron chi connectivity index (χ0n) is 11.8. The molecule has 2 aromatic carbocycles. The van der Waals surface area contributed by atoms with E-state index in [-0.39, 0.29) is 5.91 Å². The molecule has 0 unspecified atom stereocenters. The SMILES string of the molecule is Cc1c(Cl)cccc1C(=O)Nc1cccc(CCCCl)c1. The van der Waals surface area contributed by atoms with Crippen LogP contribution in [0.4, 0.5) is 5.69 Å². The largest absolute Gasteiger partial charge is 0.322 e. The van der Waals surface area contributed by atoms with Crippen LogP contribution < -0.4 is 5.32 Å². The summed E-state index contributed by atoms with van der Waals surface area (Å²) in [6.45, 7) is 1.84. The van der Waals surface area contributed by atoms with Crippen LogP contribution in [0.5, 0.6) is 0 Å². The molecule has 0 fully saturated rings.